The third-order valence-corrected chi connectivity index (χ3v) is 3.55. The van der Waals surface area contributed by atoms with E-state index < -0.39 is 11.9 Å². The Bertz CT molecular complexity index is 971. The molecule has 2 heteroatoms. The molecule has 0 fully saturated rings. The normalized spacial score (nSPS) is 10.8. The smallest absolute Gasteiger partial charge is 0.141 e. The first-order valence-corrected chi connectivity index (χ1v) is 7.83. The van der Waals surface area contributed by atoms with Crippen LogP contribution in [0.4, 0.5) is 4.39 Å². The lowest BCUT2D eigenvalue weighted by atomic mass is 10.0. The molecule has 0 saturated heterocycles. The van der Waals surface area contributed by atoms with E-state index in [-0.39, 0.29) is 0 Å². The molecule has 3 rings (SSSR count). The number of aliphatic hydroxyl groups excluding tert-OH is 1. The van der Waals surface area contributed by atoms with E-state index in [1.807, 2.05) is 60.7 Å². The Morgan fingerprint density at radius 3 is 1.96 bits per heavy atom. The highest BCUT2D eigenvalue weighted by molar-refractivity contribution is 5.49. The van der Waals surface area contributed by atoms with Crippen LogP contribution in [0.25, 0.3) is 0 Å². The van der Waals surface area contributed by atoms with Gasteiger partial charge in [0, 0.05) is 22.3 Å². The number of hydrogen-bond donors (Lipinski definition) is 1. The summed E-state index contributed by atoms with van der Waals surface area (Å²) >= 11 is 0. The standard InChI is InChI=1S/C23H15FO/c24-21-15-14-20(13-11-18-7-3-1-4-8-18)22(17-21)23(25)16-12-19-9-5-2-6-10-19/h1-10,14-15,17,23,25H. The minimum atomic E-state index is -1.11. The fourth-order valence-electron chi connectivity index (χ4n) is 2.29. The van der Waals surface area contributed by atoms with Crippen molar-refractivity contribution in [1.29, 1.82) is 0 Å². The topological polar surface area (TPSA) is 20.2 Å². The Kier molecular flexibility index (Phi) is 5.27. The molecule has 1 N–H and O–H groups in total. The maximum atomic E-state index is 13.6. The van der Waals surface area contributed by atoms with Crippen LogP contribution in [0.2, 0.25) is 0 Å². The van der Waals surface area contributed by atoms with Gasteiger partial charge in [0.25, 0.3) is 0 Å². The molecule has 1 atom stereocenters. The Labute approximate surface area is 146 Å². The summed E-state index contributed by atoms with van der Waals surface area (Å²) in [5, 5.41) is 10.4. The molecule has 0 heterocycles. The lowest BCUT2D eigenvalue weighted by molar-refractivity contribution is 0.237. The maximum absolute atomic E-state index is 13.6. The van der Waals surface area contributed by atoms with E-state index in [4.69, 9.17) is 0 Å². The van der Waals surface area contributed by atoms with Gasteiger partial charge in [-0.05, 0) is 42.5 Å². The monoisotopic (exact) mass is 326 g/mol. The summed E-state index contributed by atoms with van der Waals surface area (Å²) in [7, 11) is 0. The zero-order chi connectivity index (χ0) is 17.5. The molecule has 0 amide bonds. The summed E-state index contributed by atoms with van der Waals surface area (Å²) in [6.07, 6.45) is -1.11. The second-order valence-corrected chi connectivity index (χ2v) is 5.39. The van der Waals surface area contributed by atoms with Crippen LogP contribution in [-0.4, -0.2) is 5.11 Å². The summed E-state index contributed by atoms with van der Waals surface area (Å²) in [4.78, 5) is 0. The molecular formula is C23H15FO. The van der Waals surface area contributed by atoms with E-state index in [1.165, 1.54) is 12.1 Å². The molecule has 120 valence electrons. The summed E-state index contributed by atoms with van der Waals surface area (Å²) in [5.74, 6) is 11.2. The predicted molar refractivity (Wildman–Crippen MR) is 97.1 cm³/mol. The molecule has 0 aliphatic heterocycles. The molecule has 3 aromatic rings. The van der Waals surface area contributed by atoms with Crippen LogP contribution in [0, 0.1) is 29.5 Å². The lowest BCUT2D eigenvalue weighted by Gasteiger charge is -2.07. The molecule has 0 aromatic heterocycles. The molecular weight excluding hydrogens is 311 g/mol. The van der Waals surface area contributed by atoms with Gasteiger partial charge in [-0.3, -0.25) is 0 Å². The van der Waals surface area contributed by atoms with Gasteiger partial charge >= 0.3 is 0 Å². The van der Waals surface area contributed by atoms with Gasteiger partial charge < -0.3 is 5.11 Å². The van der Waals surface area contributed by atoms with Crippen molar-refractivity contribution < 1.29 is 9.50 Å². The van der Waals surface area contributed by atoms with Crippen molar-refractivity contribution in [2.75, 3.05) is 0 Å². The van der Waals surface area contributed by atoms with Crippen molar-refractivity contribution >= 4 is 0 Å². The molecule has 0 radical (unpaired) electrons. The summed E-state index contributed by atoms with van der Waals surface area (Å²) in [6, 6.07) is 23.0. The highest BCUT2D eigenvalue weighted by Gasteiger charge is 2.10. The Balaban J connectivity index is 1.92. The van der Waals surface area contributed by atoms with Crippen LogP contribution >= 0.6 is 0 Å². The average molecular weight is 326 g/mol. The van der Waals surface area contributed by atoms with Crippen LogP contribution < -0.4 is 0 Å². The average Bonchev–Trinajstić information content (AvgIpc) is 2.66. The van der Waals surface area contributed by atoms with Gasteiger partial charge in [-0.1, -0.05) is 60.1 Å². The van der Waals surface area contributed by atoms with Crippen molar-refractivity contribution in [1.82, 2.24) is 0 Å². The van der Waals surface area contributed by atoms with E-state index in [9.17, 15) is 9.50 Å². The van der Waals surface area contributed by atoms with Crippen molar-refractivity contribution in [3.05, 3.63) is 107 Å². The summed E-state index contributed by atoms with van der Waals surface area (Å²) in [5.41, 5.74) is 2.56. The fourth-order valence-corrected chi connectivity index (χ4v) is 2.29. The minimum Gasteiger partial charge on any atom is -0.376 e. The first-order valence-electron chi connectivity index (χ1n) is 7.83. The zero-order valence-corrected chi connectivity index (χ0v) is 13.4. The van der Waals surface area contributed by atoms with Gasteiger partial charge in [-0.2, -0.15) is 0 Å². The van der Waals surface area contributed by atoms with Crippen LogP contribution in [0.15, 0.2) is 78.9 Å². The Morgan fingerprint density at radius 1 is 0.720 bits per heavy atom. The highest BCUT2D eigenvalue weighted by atomic mass is 19.1. The van der Waals surface area contributed by atoms with Gasteiger partial charge in [-0.15, -0.1) is 0 Å². The summed E-state index contributed by atoms with van der Waals surface area (Å²) < 4.78 is 13.6. The molecule has 1 nitrogen and oxygen atoms in total. The number of hydrogen-bond acceptors (Lipinski definition) is 1. The van der Waals surface area contributed by atoms with Gasteiger partial charge in [0.2, 0.25) is 0 Å². The second-order valence-electron chi connectivity index (χ2n) is 5.39. The molecule has 0 saturated carbocycles. The second kappa shape index (κ2) is 7.97. The first kappa shape index (κ1) is 16.5. The minimum absolute atomic E-state index is 0.367. The van der Waals surface area contributed by atoms with Crippen LogP contribution in [0.3, 0.4) is 0 Å². The van der Waals surface area contributed by atoms with Crippen molar-refractivity contribution in [3.63, 3.8) is 0 Å². The Hall–Kier alpha value is -3.33. The summed E-state index contributed by atoms with van der Waals surface area (Å²) in [6.45, 7) is 0. The lowest BCUT2D eigenvalue weighted by Crippen LogP contribution is -1.99. The largest absolute Gasteiger partial charge is 0.376 e. The van der Waals surface area contributed by atoms with E-state index in [0.717, 1.165) is 11.1 Å². The van der Waals surface area contributed by atoms with E-state index in [0.29, 0.717) is 11.1 Å². The van der Waals surface area contributed by atoms with Crippen LogP contribution in [0.5, 0.6) is 0 Å². The number of benzene rings is 3. The van der Waals surface area contributed by atoms with Gasteiger partial charge in [0.1, 0.15) is 11.9 Å². The van der Waals surface area contributed by atoms with Crippen molar-refractivity contribution in [3.8, 4) is 23.7 Å². The molecule has 0 spiro atoms. The van der Waals surface area contributed by atoms with E-state index >= 15 is 0 Å². The molecule has 3 aromatic carbocycles. The third kappa shape index (κ3) is 4.58. The maximum Gasteiger partial charge on any atom is 0.141 e. The first-order chi connectivity index (χ1) is 12.2. The molecule has 0 aliphatic rings. The molecule has 1 unspecified atom stereocenters. The molecule has 25 heavy (non-hydrogen) atoms. The Morgan fingerprint density at radius 2 is 1.32 bits per heavy atom. The predicted octanol–water partition coefficient (Wildman–Crippen LogP) is 4.31. The SMILES string of the molecule is OC(C#Cc1ccccc1)c1cc(F)ccc1C#Cc1ccccc1. The highest BCUT2D eigenvalue weighted by Crippen LogP contribution is 2.19. The van der Waals surface area contributed by atoms with E-state index in [1.54, 1.807) is 6.07 Å². The van der Waals surface area contributed by atoms with E-state index in [2.05, 4.69) is 23.7 Å². The van der Waals surface area contributed by atoms with Crippen LogP contribution in [-0.2, 0) is 0 Å². The van der Waals surface area contributed by atoms with Gasteiger partial charge in [-0.25, -0.2) is 4.39 Å². The van der Waals surface area contributed by atoms with Gasteiger partial charge in [0.05, 0.1) is 0 Å². The van der Waals surface area contributed by atoms with Crippen molar-refractivity contribution in [2.45, 2.75) is 6.10 Å². The molecule has 0 aliphatic carbocycles. The number of rotatable bonds is 1. The number of aliphatic hydroxyl groups is 1. The van der Waals surface area contributed by atoms with Crippen molar-refractivity contribution in [2.24, 2.45) is 0 Å². The zero-order valence-electron chi connectivity index (χ0n) is 13.4. The third-order valence-electron chi connectivity index (χ3n) is 3.55. The van der Waals surface area contributed by atoms with Crippen LogP contribution in [0.1, 0.15) is 28.4 Å². The van der Waals surface area contributed by atoms with Gasteiger partial charge in [0.15, 0.2) is 0 Å². The fraction of sp³-hybridized carbons (Fsp3) is 0.0435. The molecule has 0 bridgehead atoms. The quantitative estimate of drug-likeness (QED) is 0.661. The number of halogens is 1.